The average Bonchev–Trinajstić information content (AvgIpc) is 3.29. The minimum absolute atomic E-state index is 0.0643. The first-order valence-electron chi connectivity index (χ1n) is 17.0. The van der Waals surface area contributed by atoms with Crippen LogP contribution in [0.3, 0.4) is 0 Å². The number of alkyl halides is 3. The predicted molar refractivity (Wildman–Crippen MR) is 167 cm³/mol. The summed E-state index contributed by atoms with van der Waals surface area (Å²) < 4.78 is 69.3. The van der Waals surface area contributed by atoms with Gasteiger partial charge in [0.25, 0.3) is 0 Å². The molecule has 0 radical (unpaired) electrons. The highest BCUT2D eigenvalue weighted by Gasteiger charge is 2.65. The van der Waals surface area contributed by atoms with Gasteiger partial charge in [-0.15, -0.1) is 0 Å². The van der Waals surface area contributed by atoms with E-state index in [0.717, 1.165) is 38.5 Å². The van der Waals surface area contributed by atoms with Gasteiger partial charge in [-0.25, -0.2) is 8.42 Å². The Labute approximate surface area is 263 Å². The van der Waals surface area contributed by atoms with Crippen molar-refractivity contribution in [1.29, 1.82) is 0 Å². The first-order valence-corrected chi connectivity index (χ1v) is 18.5. The van der Waals surface area contributed by atoms with E-state index in [4.69, 9.17) is 0 Å². The van der Waals surface area contributed by atoms with Gasteiger partial charge in [-0.3, -0.25) is 0 Å². The lowest BCUT2D eigenvalue weighted by Gasteiger charge is -2.62. The molecule has 1 unspecified atom stereocenters. The molecule has 4 nitrogen and oxygen atoms in total. The molecule has 5 rings (SSSR count). The third-order valence-electron chi connectivity index (χ3n) is 13.6. The van der Waals surface area contributed by atoms with E-state index in [1.165, 1.54) is 0 Å². The molecule has 2 N–H and O–H groups in total. The van der Waals surface area contributed by atoms with Crippen LogP contribution in [0.25, 0.3) is 0 Å². The van der Waals surface area contributed by atoms with Crippen molar-refractivity contribution in [3.63, 3.8) is 0 Å². The summed E-state index contributed by atoms with van der Waals surface area (Å²) in [5.41, 5.74) is -3.10. The topological polar surface area (TPSA) is 74.6 Å². The Morgan fingerprint density at radius 2 is 1.52 bits per heavy atom. The predicted octanol–water partition coefficient (Wildman–Crippen LogP) is 8.60. The molecule has 44 heavy (non-hydrogen) atoms. The van der Waals surface area contributed by atoms with Crippen molar-refractivity contribution >= 4 is 9.84 Å². The zero-order chi connectivity index (χ0) is 32.5. The Morgan fingerprint density at radius 3 is 2.14 bits per heavy atom. The molecule has 4 aliphatic rings. The van der Waals surface area contributed by atoms with Crippen LogP contribution < -0.4 is 0 Å². The van der Waals surface area contributed by atoms with Gasteiger partial charge in [-0.2, -0.15) is 13.2 Å². The largest absolute Gasteiger partial charge is 0.417 e. The van der Waals surface area contributed by atoms with Crippen LogP contribution in [0.5, 0.6) is 0 Å². The quantitative estimate of drug-likeness (QED) is 0.313. The smallest absolute Gasteiger partial charge is 0.393 e. The van der Waals surface area contributed by atoms with E-state index in [2.05, 4.69) is 20.8 Å². The molecule has 250 valence electrons. The van der Waals surface area contributed by atoms with Crippen LogP contribution in [0.1, 0.15) is 112 Å². The Kier molecular flexibility index (Phi) is 8.97. The molecule has 11 atom stereocenters. The van der Waals surface area contributed by atoms with Crippen LogP contribution in [0, 0.1) is 51.8 Å². The van der Waals surface area contributed by atoms with Crippen LogP contribution in [0.15, 0.2) is 35.2 Å². The molecule has 0 bridgehead atoms. The summed E-state index contributed by atoms with van der Waals surface area (Å²) in [6.07, 6.45) is 1.21. The Bertz CT molecular complexity index is 1280. The van der Waals surface area contributed by atoms with E-state index in [-0.39, 0.29) is 41.9 Å². The van der Waals surface area contributed by atoms with Crippen LogP contribution >= 0.6 is 0 Å². The lowest BCUT2D eigenvalue weighted by Crippen LogP contribution is -2.59. The number of fused-ring (bicyclic) bond motifs is 5. The van der Waals surface area contributed by atoms with Crippen molar-refractivity contribution in [2.45, 2.75) is 140 Å². The standard InChI is InChI=1S/C36H55F3O4S/c1-23(20-26(21-31(40)32(2,3)4)44(42,43)25-10-8-7-9-11-25)28-14-15-29-27-13-12-24-22-35(41,36(37,38)39)19-18-33(24,5)30(27)16-17-34(28,29)6/h7-11,23-24,26-31,40-41H,12-22H2,1-6H3/t23-,24+,26?,27+,28-,29+,30+,31-,33+,34-,35+/m1/s1. The summed E-state index contributed by atoms with van der Waals surface area (Å²) in [6.45, 7) is 12.7. The third-order valence-corrected chi connectivity index (χ3v) is 15.8. The number of benzene rings is 1. The van der Waals surface area contributed by atoms with Crippen molar-refractivity contribution in [3.8, 4) is 0 Å². The minimum atomic E-state index is -4.58. The van der Waals surface area contributed by atoms with Gasteiger partial charge < -0.3 is 10.2 Å². The number of hydrogen-bond donors (Lipinski definition) is 2. The summed E-state index contributed by atoms with van der Waals surface area (Å²) in [5.74, 6) is 1.73. The number of hydrogen-bond acceptors (Lipinski definition) is 4. The van der Waals surface area contributed by atoms with Gasteiger partial charge in [0.05, 0.1) is 16.2 Å². The fourth-order valence-corrected chi connectivity index (χ4v) is 12.7. The zero-order valence-electron chi connectivity index (χ0n) is 27.5. The van der Waals surface area contributed by atoms with Gasteiger partial charge in [0.2, 0.25) is 0 Å². The maximum atomic E-state index is 14.0. The molecule has 0 saturated heterocycles. The van der Waals surface area contributed by atoms with Crippen molar-refractivity contribution in [3.05, 3.63) is 30.3 Å². The Balaban J connectivity index is 1.35. The third kappa shape index (κ3) is 5.80. The summed E-state index contributed by atoms with van der Waals surface area (Å²) in [5, 5.41) is 20.9. The molecule has 4 saturated carbocycles. The van der Waals surface area contributed by atoms with Crippen LogP contribution in [-0.2, 0) is 9.84 Å². The van der Waals surface area contributed by atoms with Gasteiger partial charge in [-0.05, 0) is 135 Å². The van der Waals surface area contributed by atoms with Crippen molar-refractivity contribution < 1.29 is 31.8 Å². The number of sulfone groups is 1. The lowest BCUT2D eigenvalue weighted by atomic mass is 9.43. The maximum absolute atomic E-state index is 14.0. The highest BCUT2D eigenvalue weighted by Crippen LogP contribution is 2.69. The molecule has 0 spiro atoms. The molecular weight excluding hydrogens is 585 g/mol. The highest BCUT2D eigenvalue weighted by atomic mass is 32.2. The highest BCUT2D eigenvalue weighted by molar-refractivity contribution is 7.92. The van der Waals surface area contributed by atoms with E-state index >= 15 is 0 Å². The molecule has 8 heteroatoms. The van der Waals surface area contributed by atoms with Crippen LogP contribution in [-0.4, -0.2) is 41.8 Å². The summed E-state index contributed by atoms with van der Waals surface area (Å²) in [6, 6.07) is 8.62. The molecule has 4 aliphatic carbocycles. The van der Waals surface area contributed by atoms with Gasteiger partial charge in [0.1, 0.15) is 0 Å². The summed E-state index contributed by atoms with van der Waals surface area (Å²) in [7, 11) is -3.65. The zero-order valence-corrected chi connectivity index (χ0v) is 28.4. The molecule has 0 aliphatic heterocycles. The second-order valence-corrected chi connectivity index (χ2v) is 19.2. The molecule has 0 amide bonds. The molecule has 1 aromatic carbocycles. The van der Waals surface area contributed by atoms with E-state index in [1.54, 1.807) is 24.3 Å². The SMILES string of the molecule is C[C@H](CC(C[C@@H](O)C(C)(C)C)S(=O)(=O)c1ccccc1)[C@H]1CC[C@H]2[C@@H]3CC[C@H]4C[C@](O)(C(F)(F)F)CC[C@]4(C)[C@H]3CC[C@]12C. The summed E-state index contributed by atoms with van der Waals surface area (Å²) >= 11 is 0. The fourth-order valence-electron chi connectivity index (χ4n) is 10.8. The van der Waals surface area contributed by atoms with Crippen LogP contribution in [0.2, 0.25) is 0 Å². The summed E-state index contributed by atoms with van der Waals surface area (Å²) in [4.78, 5) is 0.309. The van der Waals surface area contributed by atoms with Crippen molar-refractivity contribution in [1.82, 2.24) is 0 Å². The van der Waals surface area contributed by atoms with E-state index < -0.39 is 38.4 Å². The molecule has 1 aromatic rings. The van der Waals surface area contributed by atoms with Gasteiger partial charge >= 0.3 is 6.18 Å². The first-order chi connectivity index (χ1) is 20.2. The second-order valence-electron chi connectivity index (χ2n) is 16.9. The molecule has 0 heterocycles. The van der Waals surface area contributed by atoms with Gasteiger partial charge in [-0.1, -0.05) is 59.7 Å². The Morgan fingerprint density at radius 1 is 0.886 bits per heavy atom. The number of aliphatic hydroxyl groups excluding tert-OH is 1. The van der Waals surface area contributed by atoms with Crippen LogP contribution in [0.4, 0.5) is 13.2 Å². The number of aliphatic hydroxyl groups is 2. The molecular formula is C36H55F3O4S. The Hall–Kier alpha value is -1.12. The number of halogens is 3. The van der Waals surface area contributed by atoms with E-state index in [9.17, 15) is 31.8 Å². The monoisotopic (exact) mass is 640 g/mol. The maximum Gasteiger partial charge on any atom is 0.417 e. The lowest BCUT2D eigenvalue weighted by molar-refractivity contribution is -0.290. The van der Waals surface area contributed by atoms with Crippen molar-refractivity contribution in [2.24, 2.45) is 51.8 Å². The second kappa shape index (κ2) is 11.5. The van der Waals surface area contributed by atoms with Gasteiger partial charge in [0, 0.05) is 0 Å². The number of rotatable bonds is 7. The molecule has 0 aromatic heterocycles. The normalized spacial score (nSPS) is 39.9. The van der Waals surface area contributed by atoms with Crippen molar-refractivity contribution in [2.75, 3.05) is 0 Å². The van der Waals surface area contributed by atoms with E-state index in [1.807, 2.05) is 26.8 Å². The minimum Gasteiger partial charge on any atom is -0.393 e. The molecule has 4 fully saturated rings. The van der Waals surface area contributed by atoms with E-state index in [0.29, 0.717) is 41.4 Å². The average molecular weight is 641 g/mol. The first kappa shape index (κ1) is 34.2. The fraction of sp³-hybridized carbons (Fsp3) is 0.833. The van der Waals surface area contributed by atoms with Gasteiger partial charge in [0.15, 0.2) is 15.4 Å².